The SMILES string of the molecule is CC(C)[C@H](NC(=O)c1cc(Cl)ccc1OCCNC(=O)OC(C)(C)C)C(=O)Nc1cc(F)cc(C(F)(F)F)c1. The smallest absolute Gasteiger partial charge is 0.416 e. The van der Waals surface area contributed by atoms with Crippen molar-refractivity contribution < 1.29 is 41.4 Å². The van der Waals surface area contributed by atoms with Crippen LogP contribution < -0.4 is 20.7 Å². The van der Waals surface area contributed by atoms with Gasteiger partial charge in [0.25, 0.3) is 5.91 Å². The molecule has 0 radical (unpaired) electrons. The number of nitrogens with one attached hydrogen (secondary N) is 3. The van der Waals surface area contributed by atoms with Crippen LogP contribution >= 0.6 is 11.6 Å². The summed E-state index contributed by atoms with van der Waals surface area (Å²) in [5, 5.41) is 7.45. The zero-order valence-electron chi connectivity index (χ0n) is 22.0. The number of anilines is 1. The number of benzene rings is 2. The molecule has 2 rings (SSSR count). The van der Waals surface area contributed by atoms with Gasteiger partial charge in [0.2, 0.25) is 5.91 Å². The maximum atomic E-state index is 13.7. The van der Waals surface area contributed by atoms with Gasteiger partial charge in [-0.25, -0.2) is 9.18 Å². The molecule has 0 aliphatic carbocycles. The Balaban J connectivity index is 2.13. The number of amides is 3. The average molecular weight is 576 g/mol. The minimum absolute atomic E-state index is 0.0247. The lowest BCUT2D eigenvalue weighted by Crippen LogP contribution is -2.47. The molecule has 0 saturated carbocycles. The first-order chi connectivity index (χ1) is 18.0. The molecule has 0 aliphatic rings. The van der Waals surface area contributed by atoms with E-state index in [0.29, 0.717) is 12.1 Å². The summed E-state index contributed by atoms with van der Waals surface area (Å²) in [4.78, 5) is 37.7. The van der Waals surface area contributed by atoms with E-state index in [-0.39, 0.29) is 29.5 Å². The van der Waals surface area contributed by atoms with Crippen LogP contribution in [0.2, 0.25) is 5.02 Å². The van der Waals surface area contributed by atoms with E-state index in [1.54, 1.807) is 34.6 Å². The first kappa shape index (κ1) is 31.7. The molecule has 214 valence electrons. The van der Waals surface area contributed by atoms with Gasteiger partial charge in [-0.3, -0.25) is 9.59 Å². The second-order valence-electron chi connectivity index (χ2n) is 9.83. The van der Waals surface area contributed by atoms with Crippen molar-refractivity contribution in [3.8, 4) is 5.75 Å². The maximum Gasteiger partial charge on any atom is 0.416 e. The highest BCUT2D eigenvalue weighted by molar-refractivity contribution is 6.31. The molecule has 0 saturated heterocycles. The van der Waals surface area contributed by atoms with E-state index in [2.05, 4.69) is 16.0 Å². The summed E-state index contributed by atoms with van der Waals surface area (Å²) in [5.41, 5.74) is -2.40. The summed E-state index contributed by atoms with van der Waals surface area (Å²) in [7, 11) is 0. The van der Waals surface area contributed by atoms with Crippen molar-refractivity contribution in [1.29, 1.82) is 0 Å². The lowest BCUT2D eigenvalue weighted by Gasteiger charge is -2.23. The Morgan fingerprint density at radius 3 is 2.28 bits per heavy atom. The fourth-order valence-electron chi connectivity index (χ4n) is 3.23. The molecule has 1 atom stereocenters. The standard InChI is InChI=1S/C26H30ClF4N3O5/c1-14(2)21(23(36)33-18-11-15(26(29,30)31)10-17(28)13-18)34-22(35)19-12-16(27)6-7-20(19)38-9-8-32-24(37)39-25(3,4)5/h6-7,10-14,21H,8-9H2,1-5H3,(H,32,37)(H,33,36)(H,34,35)/t21-/m0/s1. The molecule has 0 unspecified atom stereocenters. The molecule has 0 spiro atoms. The van der Waals surface area contributed by atoms with E-state index < -0.39 is 58.7 Å². The van der Waals surface area contributed by atoms with Crippen LogP contribution in [-0.2, 0) is 15.7 Å². The van der Waals surface area contributed by atoms with E-state index in [0.717, 1.165) is 6.07 Å². The van der Waals surface area contributed by atoms with Crippen LogP contribution in [0.15, 0.2) is 36.4 Å². The predicted octanol–water partition coefficient (Wildman–Crippen LogP) is 5.79. The van der Waals surface area contributed by atoms with Crippen molar-refractivity contribution >= 4 is 35.2 Å². The second kappa shape index (κ2) is 13.0. The highest BCUT2D eigenvalue weighted by Gasteiger charge is 2.32. The van der Waals surface area contributed by atoms with Crippen LogP contribution in [0.5, 0.6) is 5.75 Å². The van der Waals surface area contributed by atoms with Gasteiger partial charge in [-0.15, -0.1) is 0 Å². The third-order valence-electron chi connectivity index (χ3n) is 4.94. The summed E-state index contributed by atoms with van der Waals surface area (Å²) in [6.07, 6.45) is -5.47. The number of hydrogen-bond acceptors (Lipinski definition) is 5. The van der Waals surface area contributed by atoms with Crippen LogP contribution in [0.4, 0.5) is 28.0 Å². The van der Waals surface area contributed by atoms with E-state index in [1.165, 1.54) is 18.2 Å². The van der Waals surface area contributed by atoms with Crippen LogP contribution in [-0.4, -0.2) is 42.7 Å². The summed E-state index contributed by atoms with van der Waals surface area (Å²) < 4.78 is 63.6. The number of alkyl carbamates (subject to hydrolysis) is 1. The Morgan fingerprint density at radius 1 is 1.03 bits per heavy atom. The molecule has 0 aromatic heterocycles. The van der Waals surface area contributed by atoms with Crippen molar-refractivity contribution in [3.63, 3.8) is 0 Å². The topological polar surface area (TPSA) is 106 Å². The van der Waals surface area contributed by atoms with Crippen LogP contribution in [0.1, 0.15) is 50.5 Å². The van der Waals surface area contributed by atoms with Gasteiger partial charge in [-0.05, 0) is 63.1 Å². The highest BCUT2D eigenvalue weighted by Crippen LogP contribution is 2.32. The lowest BCUT2D eigenvalue weighted by atomic mass is 10.0. The number of halogens is 5. The molecule has 0 aliphatic heterocycles. The Morgan fingerprint density at radius 2 is 1.69 bits per heavy atom. The molecule has 3 N–H and O–H groups in total. The molecule has 2 aromatic carbocycles. The fraction of sp³-hybridized carbons (Fsp3) is 0.423. The number of alkyl halides is 3. The summed E-state index contributed by atoms with van der Waals surface area (Å²) in [6, 6.07) is 4.64. The van der Waals surface area contributed by atoms with E-state index in [1.807, 2.05) is 0 Å². The average Bonchev–Trinajstić information content (AvgIpc) is 2.78. The zero-order chi connectivity index (χ0) is 29.5. The minimum atomic E-state index is -4.82. The third kappa shape index (κ3) is 10.3. The number of carbonyl (C=O) groups is 3. The lowest BCUT2D eigenvalue weighted by molar-refractivity contribution is -0.137. The number of carbonyl (C=O) groups excluding carboxylic acids is 3. The van der Waals surface area contributed by atoms with Gasteiger partial charge >= 0.3 is 12.3 Å². The summed E-state index contributed by atoms with van der Waals surface area (Å²) in [5.74, 6) is -3.20. The van der Waals surface area contributed by atoms with E-state index in [9.17, 15) is 31.9 Å². The Bertz CT molecular complexity index is 1200. The summed E-state index contributed by atoms with van der Waals surface area (Å²) >= 11 is 6.04. The van der Waals surface area contributed by atoms with Crippen molar-refractivity contribution in [3.05, 3.63) is 58.4 Å². The largest absolute Gasteiger partial charge is 0.491 e. The molecule has 13 heteroatoms. The van der Waals surface area contributed by atoms with Crippen LogP contribution in [0.25, 0.3) is 0 Å². The second-order valence-corrected chi connectivity index (χ2v) is 10.3. The van der Waals surface area contributed by atoms with Crippen molar-refractivity contribution in [2.45, 2.75) is 52.4 Å². The molecule has 8 nitrogen and oxygen atoms in total. The molecular weight excluding hydrogens is 546 g/mol. The van der Waals surface area contributed by atoms with Gasteiger partial charge in [0.1, 0.15) is 29.8 Å². The molecule has 2 aromatic rings. The third-order valence-corrected chi connectivity index (χ3v) is 5.18. The molecule has 0 heterocycles. The van der Waals surface area contributed by atoms with Crippen LogP contribution in [0.3, 0.4) is 0 Å². The molecule has 3 amide bonds. The molecule has 0 fully saturated rings. The van der Waals surface area contributed by atoms with Gasteiger partial charge in [-0.1, -0.05) is 25.4 Å². The van der Waals surface area contributed by atoms with Gasteiger partial charge < -0.3 is 25.4 Å². The first-order valence-corrected chi connectivity index (χ1v) is 12.2. The Hall–Kier alpha value is -3.54. The highest BCUT2D eigenvalue weighted by atomic mass is 35.5. The predicted molar refractivity (Wildman–Crippen MR) is 137 cm³/mol. The van der Waals surface area contributed by atoms with Crippen LogP contribution in [0, 0.1) is 11.7 Å². The van der Waals surface area contributed by atoms with Gasteiger partial charge in [0.15, 0.2) is 0 Å². The summed E-state index contributed by atoms with van der Waals surface area (Å²) in [6.45, 7) is 8.38. The van der Waals surface area contributed by atoms with Crippen molar-refractivity contribution in [2.24, 2.45) is 5.92 Å². The number of ether oxygens (including phenoxy) is 2. The normalized spacial score (nSPS) is 12.5. The van der Waals surface area contributed by atoms with E-state index >= 15 is 0 Å². The zero-order valence-corrected chi connectivity index (χ0v) is 22.7. The maximum absolute atomic E-state index is 13.7. The quantitative estimate of drug-likeness (QED) is 0.259. The van der Waals surface area contributed by atoms with Gasteiger partial charge in [-0.2, -0.15) is 13.2 Å². The van der Waals surface area contributed by atoms with Gasteiger partial charge in [0.05, 0.1) is 17.7 Å². The monoisotopic (exact) mass is 575 g/mol. The van der Waals surface area contributed by atoms with Crippen molar-refractivity contribution in [1.82, 2.24) is 10.6 Å². The van der Waals surface area contributed by atoms with Crippen molar-refractivity contribution in [2.75, 3.05) is 18.5 Å². The Labute approximate surface area is 228 Å². The Kier molecular flexibility index (Phi) is 10.6. The number of rotatable bonds is 9. The number of hydrogen-bond donors (Lipinski definition) is 3. The fourth-order valence-corrected chi connectivity index (χ4v) is 3.41. The molecular formula is C26H30ClF4N3O5. The minimum Gasteiger partial charge on any atom is -0.491 e. The molecule has 39 heavy (non-hydrogen) atoms. The molecule has 0 bridgehead atoms. The van der Waals surface area contributed by atoms with Gasteiger partial charge in [0, 0.05) is 10.7 Å². The first-order valence-electron chi connectivity index (χ1n) is 11.8. The van der Waals surface area contributed by atoms with E-state index in [4.69, 9.17) is 21.1 Å².